The predicted molar refractivity (Wildman–Crippen MR) is 97.0 cm³/mol. The number of rotatable bonds is 3. The molecule has 4 nitrogen and oxygen atoms in total. The molecule has 2 aromatic carbocycles. The first-order valence-corrected chi connectivity index (χ1v) is 9.19. The van der Waals surface area contributed by atoms with Crippen LogP contribution in [0, 0.1) is 0 Å². The normalized spacial score (nSPS) is 16.5. The Labute approximate surface area is 148 Å². The fourth-order valence-corrected chi connectivity index (χ4v) is 4.82. The molecule has 1 saturated heterocycles. The summed E-state index contributed by atoms with van der Waals surface area (Å²) in [6.07, 6.45) is 1.67. The highest BCUT2D eigenvalue weighted by Gasteiger charge is 2.30. The molecule has 0 aromatic heterocycles. The first-order chi connectivity index (χ1) is 10.5. The summed E-state index contributed by atoms with van der Waals surface area (Å²) in [6.45, 7) is 1.71. The van der Waals surface area contributed by atoms with Crippen LogP contribution in [0.15, 0.2) is 41.3 Å². The summed E-state index contributed by atoms with van der Waals surface area (Å²) in [5, 5.41) is 5.27. The standard InChI is InChI=1S/C16H19ClN2O2S.ClH/c1-19(12-8-10-18-11-9-12)22(20,21)16-7-6-15(17)13-4-2-3-5-14(13)16;/h2-7,12,18H,8-11H2,1H3;1H. The fraction of sp³-hybridized carbons (Fsp3) is 0.375. The molecule has 0 bridgehead atoms. The average molecular weight is 375 g/mol. The molecule has 0 amide bonds. The zero-order valence-corrected chi connectivity index (χ0v) is 15.2. The molecule has 1 aliphatic heterocycles. The molecule has 126 valence electrons. The van der Waals surface area contributed by atoms with Crippen molar-refractivity contribution < 1.29 is 8.42 Å². The molecule has 1 N–H and O–H groups in total. The van der Waals surface area contributed by atoms with Crippen molar-refractivity contribution in [3.05, 3.63) is 41.4 Å². The van der Waals surface area contributed by atoms with Gasteiger partial charge in [-0.15, -0.1) is 12.4 Å². The molecule has 3 rings (SSSR count). The number of sulfonamides is 1. The Morgan fingerprint density at radius 1 is 1.09 bits per heavy atom. The molecular formula is C16H20Cl2N2O2S. The number of piperidine rings is 1. The van der Waals surface area contributed by atoms with E-state index in [1.807, 2.05) is 24.3 Å². The molecule has 0 aliphatic carbocycles. The van der Waals surface area contributed by atoms with Gasteiger partial charge in [0, 0.05) is 28.9 Å². The van der Waals surface area contributed by atoms with Gasteiger partial charge >= 0.3 is 0 Å². The van der Waals surface area contributed by atoms with E-state index in [0.717, 1.165) is 31.3 Å². The Balaban J connectivity index is 0.00000192. The monoisotopic (exact) mass is 374 g/mol. The number of benzene rings is 2. The summed E-state index contributed by atoms with van der Waals surface area (Å²) in [5.74, 6) is 0. The highest BCUT2D eigenvalue weighted by atomic mass is 35.5. The van der Waals surface area contributed by atoms with E-state index in [1.54, 1.807) is 19.2 Å². The minimum atomic E-state index is -3.54. The van der Waals surface area contributed by atoms with Crippen LogP contribution >= 0.6 is 24.0 Å². The fourth-order valence-electron chi connectivity index (χ4n) is 2.98. The summed E-state index contributed by atoms with van der Waals surface area (Å²) >= 11 is 6.19. The van der Waals surface area contributed by atoms with Crippen LogP contribution in [0.25, 0.3) is 10.8 Å². The summed E-state index contributed by atoms with van der Waals surface area (Å²) in [4.78, 5) is 0.327. The Morgan fingerprint density at radius 2 is 1.70 bits per heavy atom. The Morgan fingerprint density at radius 3 is 2.35 bits per heavy atom. The van der Waals surface area contributed by atoms with Gasteiger partial charge in [-0.1, -0.05) is 35.9 Å². The van der Waals surface area contributed by atoms with Crippen LogP contribution in [-0.4, -0.2) is 38.9 Å². The van der Waals surface area contributed by atoms with Gasteiger partial charge in [-0.3, -0.25) is 0 Å². The van der Waals surface area contributed by atoms with Gasteiger partial charge in [-0.25, -0.2) is 8.42 Å². The lowest BCUT2D eigenvalue weighted by molar-refractivity contribution is 0.296. The molecule has 0 radical (unpaired) electrons. The van der Waals surface area contributed by atoms with Crippen LogP contribution in [0.3, 0.4) is 0 Å². The van der Waals surface area contributed by atoms with Gasteiger partial charge < -0.3 is 5.32 Å². The zero-order valence-electron chi connectivity index (χ0n) is 12.8. The smallest absolute Gasteiger partial charge is 0.243 e. The molecule has 1 heterocycles. The van der Waals surface area contributed by atoms with E-state index in [4.69, 9.17) is 11.6 Å². The zero-order chi connectivity index (χ0) is 15.7. The van der Waals surface area contributed by atoms with Gasteiger partial charge in [-0.05, 0) is 38.1 Å². The van der Waals surface area contributed by atoms with Crippen molar-refractivity contribution in [3.63, 3.8) is 0 Å². The van der Waals surface area contributed by atoms with Gasteiger partial charge in [0.15, 0.2) is 0 Å². The van der Waals surface area contributed by atoms with Gasteiger partial charge in [-0.2, -0.15) is 4.31 Å². The van der Waals surface area contributed by atoms with Crippen molar-refractivity contribution in [1.82, 2.24) is 9.62 Å². The van der Waals surface area contributed by atoms with E-state index in [9.17, 15) is 8.42 Å². The van der Waals surface area contributed by atoms with Crippen LogP contribution < -0.4 is 5.32 Å². The second-order valence-electron chi connectivity index (χ2n) is 5.59. The van der Waals surface area contributed by atoms with E-state index in [2.05, 4.69) is 5.32 Å². The Kier molecular flexibility index (Phi) is 5.92. The molecule has 1 aliphatic rings. The molecule has 23 heavy (non-hydrogen) atoms. The lowest BCUT2D eigenvalue weighted by Gasteiger charge is -2.31. The van der Waals surface area contributed by atoms with Gasteiger partial charge in [0.1, 0.15) is 0 Å². The number of hydrogen-bond acceptors (Lipinski definition) is 3. The molecule has 2 aromatic rings. The van der Waals surface area contributed by atoms with Crippen molar-refractivity contribution in [3.8, 4) is 0 Å². The molecular weight excluding hydrogens is 355 g/mol. The molecule has 0 spiro atoms. The molecule has 0 atom stereocenters. The van der Waals surface area contributed by atoms with E-state index in [-0.39, 0.29) is 18.4 Å². The Bertz CT molecular complexity index is 790. The highest BCUT2D eigenvalue weighted by Crippen LogP contribution is 2.31. The van der Waals surface area contributed by atoms with E-state index in [0.29, 0.717) is 15.3 Å². The van der Waals surface area contributed by atoms with E-state index < -0.39 is 10.0 Å². The highest BCUT2D eigenvalue weighted by molar-refractivity contribution is 7.89. The van der Waals surface area contributed by atoms with Gasteiger partial charge in [0.25, 0.3) is 0 Å². The van der Waals surface area contributed by atoms with Crippen molar-refractivity contribution in [2.75, 3.05) is 20.1 Å². The largest absolute Gasteiger partial charge is 0.317 e. The summed E-state index contributed by atoms with van der Waals surface area (Å²) in [5.41, 5.74) is 0. The predicted octanol–water partition coefficient (Wildman–Crippen LogP) is 3.29. The van der Waals surface area contributed by atoms with Crippen LogP contribution in [0.4, 0.5) is 0 Å². The maximum Gasteiger partial charge on any atom is 0.243 e. The summed E-state index contributed by atoms with van der Waals surface area (Å²) in [7, 11) is -1.86. The molecule has 7 heteroatoms. The lowest BCUT2D eigenvalue weighted by atomic mass is 10.1. The van der Waals surface area contributed by atoms with Crippen LogP contribution in [-0.2, 0) is 10.0 Å². The number of fused-ring (bicyclic) bond motifs is 1. The third-order valence-electron chi connectivity index (χ3n) is 4.31. The number of nitrogens with one attached hydrogen (secondary N) is 1. The van der Waals surface area contributed by atoms with Crippen LogP contribution in [0.1, 0.15) is 12.8 Å². The molecule has 0 saturated carbocycles. The van der Waals surface area contributed by atoms with Crippen molar-refractivity contribution in [2.24, 2.45) is 0 Å². The van der Waals surface area contributed by atoms with Crippen molar-refractivity contribution in [2.45, 2.75) is 23.8 Å². The SMILES string of the molecule is CN(C1CCNCC1)S(=O)(=O)c1ccc(Cl)c2ccccc12.Cl. The maximum absolute atomic E-state index is 13.0. The van der Waals surface area contributed by atoms with Crippen LogP contribution in [0.5, 0.6) is 0 Å². The number of hydrogen-bond donors (Lipinski definition) is 1. The first-order valence-electron chi connectivity index (χ1n) is 7.38. The topological polar surface area (TPSA) is 49.4 Å². The minimum Gasteiger partial charge on any atom is -0.317 e. The second kappa shape index (κ2) is 7.36. The van der Waals surface area contributed by atoms with Gasteiger partial charge in [0.05, 0.1) is 4.90 Å². The minimum absolute atomic E-state index is 0. The Hall–Kier alpha value is -0.850. The van der Waals surface area contributed by atoms with E-state index in [1.165, 1.54) is 4.31 Å². The van der Waals surface area contributed by atoms with Crippen molar-refractivity contribution >= 4 is 44.8 Å². The average Bonchev–Trinajstić information content (AvgIpc) is 2.55. The van der Waals surface area contributed by atoms with Gasteiger partial charge in [0.2, 0.25) is 10.0 Å². The maximum atomic E-state index is 13.0. The van der Waals surface area contributed by atoms with Crippen molar-refractivity contribution in [1.29, 1.82) is 0 Å². The lowest BCUT2D eigenvalue weighted by Crippen LogP contribution is -2.43. The third-order valence-corrected chi connectivity index (χ3v) is 6.61. The first kappa shape index (κ1) is 18.5. The summed E-state index contributed by atoms with van der Waals surface area (Å²) in [6, 6.07) is 10.7. The van der Waals surface area contributed by atoms with E-state index >= 15 is 0 Å². The third kappa shape index (κ3) is 3.49. The second-order valence-corrected chi connectivity index (χ2v) is 7.97. The number of nitrogens with zero attached hydrogens (tertiary/aromatic N) is 1. The molecule has 0 unspecified atom stereocenters. The van der Waals surface area contributed by atoms with Crippen LogP contribution in [0.2, 0.25) is 5.02 Å². The quantitative estimate of drug-likeness (QED) is 0.896. The summed E-state index contributed by atoms with van der Waals surface area (Å²) < 4.78 is 27.6. The number of halogens is 2. The molecule has 1 fully saturated rings.